The van der Waals surface area contributed by atoms with Crippen LogP contribution in [0.4, 0.5) is 0 Å². The summed E-state index contributed by atoms with van der Waals surface area (Å²) in [5, 5.41) is 8.91. The number of aromatic nitrogens is 2. The van der Waals surface area contributed by atoms with Crippen molar-refractivity contribution in [1.82, 2.24) is 15.1 Å². The average molecular weight is 416 g/mol. The lowest BCUT2D eigenvalue weighted by Crippen LogP contribution is -2.36. The molecule has 1 aromatic heterocycles. The molecule has 7 heteroatoms. The highest BCUT2D eigenvalue weighted by molar-refractivity contribution is 6.30. The number of nitrogens with one attached hydrogen (secondary N) is 1. The Morgan fingerprint density at radius 2 is 1.75 bits per heavy atom. The van der Waals surface area contributed by atoms with Gasteiger partial charge in [0.05, 0.1) is 18.7 Å². The molecule has 0 saturated carbocycles. The number of carbonyl (C=O) groups is 1. The van der Waals surface area contributed by atoms with Crippen molar-refractivity contribution >= 4 is 29.1 Å². The van der Waals surface area contributed by atoms with Crippen LogP contribution in [0.3, 0.4) is 0 Å². The molecule has 0 saturated heterocycles. The summed E-state index contributed by atoms with van der Waals surface area (Å²) in [6.45, 7) is 1.55. The van der Waals surface area contributed by atoms with E-state index in [-0.39, 0.29) is 5.91 Å². The fourth-order valence-corrected chi connectivity index (χ4v) is 3.55. The summed E-state index contributed by atoms with van der Waals surface area (Å²) in [5.74, 6) is 0.779. The molecule has 4 rings (SSSR count). The maximum Gasteiger partial charge on any atom is 0.226 e. The van der Waals surface area contributed by atoms with Crippen LogP contribution in [0.1, 0.15) is 17.7 Å². The highest BCUT2D eigenvalue weighted by Crippen LogP contribution is 2.29. The van der Waals surface area contributed by atoms with Crippen LogP contribution in [-0.4, -0.2) is 34.2 Å². The Bertz CT molecular complexity index is 968. The van der Waals surface area contributed by atoms with Gasteiger partial charge in [-0.25, -0.2) is 0 Å². The summed E-state index contributed by atoms with van der Waals surface area (Å²) in [7, 11) is 0. The zero-order valence-electron chi connectivity index (χ0n) is 15.1. The second-order valence-electron chi connectivity index (χ2n) is 6.65. The SMILES string of the molecule is O=C(CCOc1ccc(Cl)cc1)N1CCc2[nH]nc(-c3ccc(Cl)cc3)c2C1. The van der Waals surface area contributed by atoms with Gasteiger partial charge in [0.2, 0.25) is 5.91 Å². The standard InChI is InChI=1S/C21H19Cl2N3O2/c22-15-3-1-14(2-4-15)21-18-13-26(11-9-19(18)24-25-21)20(27)10-12-28-17-7-5-16(23)6-8-17/h1-8H,9-13H2,(H,24,25). The predicted molar refractivity (Wildman–Crippen MR) is 110 cm³/mol. The number of hydrogen-bond donors (Lipinski definition) is 1. The van der Waals surface area contributed by atoms with Crippen molar-refractivity contribution in [2.45, 2.75) is 19.4 Å². The normalized spacial score (nSPS) is 13.3. The lowest BCUT2D eigenvalue weighted by molar-refractivity contribution is -0.132. The number of amides is 1. The third kappa shape index (κ3) is 4.16. The van der Waals surface area contributed by atoms with E-state index in [1.807, 2.05) is 29.2 Å². The van der Waals surface area contributed by atoms with Gasteiger partial charge < -0.3 is 9.64 Å². The summed E-state index contributed by atoms with van der Waals surface area (Å²) < 4.78 is 5.64. The van der Waals surface area contributed by atoms with E-state index < -0.39 is 0 Å². The molecule has 5 nitrogen and oxygen atoms in total. The molecule has 0 radical (unpaired) electrons. The first-order chi connectivity index (χ1) is 13.6. The lowest BCUT2D eigenvalue weighted by atomic mass is 10.0. The number of fused-ring (bicyclic) bond motifs is 1. The van der Waals surface area contributed by atoms with E-state index in [0.29, 0.717) is 41.9 Å². The highest BCUT2D eigenvalue weighted by atomic mass is 35.5. The topological polar surface area (TPSA) is 58.2 Å². The molecule has 0 unspecified atom stereocenters. The molecular formula is C21H19Cl2N3O2. The third-order valence-corrected chi connectivity index (χ3v) is 5.31. The van der Waals surface area contributed by atoms with Crippen LogP contribution in [0, 0.1) is 0 Å². The van der Waals surface area contributed by atoms with Gasteiger partial charge in [-0.05, 0) is 36.4 Å². The lowest BCUT2D eigenvalue weighted by Gasteiger charge is -2.27. The van der Waals surface area contributed by atoms with E-state index in [9.17, 15) is 4.79 Å². The highest BCUT2D eigenvalue weighted by Gasteiger charge is 2.25. The monoisotopic (exact) mass is 415 g/mol. The number of rotatable bonds is 5. The van der Waals surface area contributed by atoms with Crippen LogP contribution < -0.4 is 4.74 Å². The number of aromatic amines is 1. The van der Waals surface area contributed by atoms with Gasteiger partial charge in [-0.1, -0.05) is 35.3 Å². The number of ether oxygens (including phenoxy) is 1. The van der Waals surface area contributed by atoms with Gasteiger partial charge in [0.1, 0.15) is 5.75 Å². The summed E-state index contributed by atoms with van der Waals surface area (Å²) in [4.78, 5) is 14.5. The number of halogens is 2. The minimum Gasteiger partial charge on any atom is -0.493 e. The molecule has 0 aliphatic carbocycles. The van der Waals surface area contributed by atoms with Gasteiger partial charge in [0.25, 0.3) is 0 Å². The first-order valence-corrected chi connectivity index (χ1v) is 9.84. The Morgan fingerprint density at radius 3 is 2.46 bits per heavy atom. The van der Waals surface area contributed by atoms with Crippen molar-refractivity contribution in [2.24, 2.45) is 0 Å². The number of nitrogens with zero attached hydrogens (tertiary/aromatic N) is 2. The summed E-state index contributed by atoms with van der Waals surface area (Å²) >= 11 is 11.8. The Hall–Kier alpha value is -2.50. The van der Waals surface area contributed by atoms with E-state index in [1.165, 1.54) is 0 Å². The number of carbonyl (C=O) groups excluding carboxylic acids is 1. The molecule has 0 fully saturated rings. The quantitative estimate of drug-likeness (QED) is 0.654. The van der Waals surface area contributed by atoms with E-state index in [0.717, 1.165) is 28.9 Å². The van der Waals surface area contributed by atoms with Crippen molar-refractivity contribution in [3.8, 4) is 17.0 Å². The minimum atomic E-state index is 0.0721. The predicted octanol–water partition coefficient (Wildman–Crippen LogP) is 4.74. The molecule has 1 aliphatic heterocycles. The summed E-state index contributed by atoms with van der Waals surface area (Å²) in [6.07, 6.45) is 1.09. The maximum absolute atomic E-state index is 12.6. The zero-order valence-corrected chi connectivity index (χ0v) is 16.6. The average Bonchev–Trinajstić information content (AvgIpc) is 3.13. The molecule has 28 heavy (non-hydrogen) atoms. The largest absolute Gasteiger partial charge is 0.493 e. The fourth-order valence-electron chi connectivity index (χ4n) is 3.30. The molecule has 2 aromatic carbocycles. The molecule has 1 N–H and O–H groups in total. The van der Waals surface area contributed by atoms with E-state index >= 15 is 0 Å². The zero-order chi connectivity index (χ0) is 19.5. The van der Waals surface area contributed by atoms with Gasteiger partial charge in [-0.3, -0.25) is 9.89 Å². The Morgan fingerprint density at radius 1 is 1.07 bits per heavy atom. The van der Waals surface area contributed by atoms with Crippen molar-refractivity contribution in [1.29, 1.82) is 0 Å². The van der Waals surface area contributed by atoms with Crippen molar-refractivity contribution in [3.05, 3.63) is 69.8 Å². The van der Waals surface area contributed by atoms with Crippen LogP contribution in [0.5, 0.6) is 5.75 Å². The van der Waals surface area contributed by atoms with Gasteiger partial charge in [-0.15, -0.1) is 0 Å². The molecule has 144 valence electrons. The van der Waals surface area contributed by atoms with E-state index in [4.69, 9.17) is 27.9 Å². The van der Waals surface area contributed by atoms with Crippen LogP contribution in [0.25, 0.3) is 11.3 Å². The van der Waals surface area contributed by atoms with E-state index in [1.54, 1.807) is 24.3 Å². The first-order valence-electron chi connectivity index (χ1n) is 9.08. The minimum absolute atomic E-state index is 0.0721. The molecule has 1 aliphatic rings. The van der Waals surface area contributed by atoms with Gasteiger partial charge >= 0.3 is 0 Å². The number of hydrogen-bond acceptors (Lipinski definition) is 3. The molecule has 0 bridgehead atoms. The van der Waals surface area contributed by atoms with Crippen molar-refractivity contribution in [3.63, 3.8) is 0 Å². The van der Waals surface area contributed by atoms with Crippen LogP contribution in [0.15, 0.2) is 48.5 Å². The molecule has 2 heterocycles. The molecule has 0 atom stereocenters. The molecular weight excluding hydrogens is 397 g/mol. The maximum atomic E-state index is 12.6. The third-order valence-electron chi connectivity index (χ3n) is 4.80. The van der Waals surface area contributed by atoms with Gasteiger partial charge in [0.15, 0.2) is 0 Å². The van der Waals surface area contributed by atoms with Crippen LogP contribution >= 0.6 is 23.2 Å². The summed E-state index contributed by atoms with van der Waals surface area (Å²) in [5.41, 5.74) is 4.02. The molecule has 0 spiro atoms. The van der Waals surface area contributed by atoms with Crippen molar-refractivity contribution < 1.29 is 9.53 Å². The fraction of sp³-hybridized carbons (Fsp3) is 0.238. The molecule has 3 aromatic rings. The number of H-pyrrole nitrogens is 1. The first kappa shape index (κ1) is 18.8. The number of benzene rings is 2. The second-order valence-corrected chi connectivity index (χ2v) is 7.53. The van der Waals surface area contributed by atoms with E-state index in [2.05, 4.69) is 10.2 Å². The Labute approximate surface area is 173 Å². The van der Waals surface area contributed by atoms with Gasteiger partial charge in [-0.2, -0.15) is 5.10 Å². The smallest absolute Gasteiger partial charge is 0.226 e. The Kier molecular flexibility index (Phi) is 5.55. The van der Waals surface area contributed by atoms with Crippen LogP contribution in [-0.2, 0) is 17.8 Å². The van der Waals surface area contributed by atoms with Crippen molar-refractivity contribution in [2.75, 3.05) is 13.2 Å². The molecule has 1 amide bonds. The van der Waals surface area contributed by atoms with Crippen LogP contribution in [0.2, 0.25) is 10.0 Å². The Balaban J connectivity index is 1.39. The van der Waals surface area contributed by atoms with Gasteiger partial charge in [0, 0.05) is 46.4 Å². The second kappa shape index (κ2) is 8.25. The summed E-state index contributed by atoms with van der Waals surface area (Å²) in [6, 6.07) is 14.7.